The van der Waals surface area contributed by atoms with Crippen LogP contribution < -0.4 is 0 Å². The highest BCUT2D eigenvalue weighted by atomic mass is 35.5. The van der Waals surface area contributed by atoms with Gasteiger partial charge in [-0.1, -0.05) is 32.4 Å². The van der Waals surface area contributed by atoms with Crippen LogP contribution in [-0.4, -0.2) is 40.5 Å². The van der Waals surface area contributed by atoms with E-state index < -0.39 is 32.6 Å². The van der Waals surface area contributed by atoms with Gasteiger partial charge >= 0.3 is 6.08 Å². The third-order valence-electron chi connectivity index (χ3n) is 4.90. The number of halogens is 3. The Morgan fingerprint density at radius 1 is 1.31 bits per heavy atom. The number of nitrogens with zero attached hydrogens (tertiary/aromatic N) is 4. The molecule has 6 nitrogen and oxygen atoms in total. The second-order valence-electron chi connectivity index (χ2n) is 7.76. The number of hydrogen-bond acceptors (Lipinski definition) is 5. The van der Waals surface area contributed by atoms with Crippen LogP contribution in [-0.2, 0) is 9.16 Å². The molecule has 3 heterocycles. The summed E-state index contributed by atoms with van der Waals surface area (Å²) in [5.74, 6) is -0.511. The minimum absolute atomic E-state index is 0.0407. The molecule has 10 heteroatoms. The summed E-state index contributed by atoms with van der Waals surface area (Å²) in [7, 11) is -1.98. The second kappa shape index (κ2) is 6.63. The minimum Gasteiger partial charge on any atom is -0.414 e. The highest BCUT2D eigenvalue weighted by molar-refractivity contribution is 6.74. The zero-order valence-corrected chi connectivity index (χ0v) is 17.0. The normalized spacial score (nSPS) is 21.5. The summed E-state index contributed by atoms with van der Waals surface area (Å²) in [4.78, 5) is 11.1. The third-order valence-corrected chi connectivity index (χ3v) is 9.67. The van der Waals surface area contributed by atoms with E-state index in [0.717, 1.165) is 0 Å². The topological polar surface area (TPSA) is 62.1 Å². The average Bonchev–Trinajstić information content (AvgIpc) is 3.07. The maximum absolute atomic E-state index is 14.5. The zero-order valence-electron chi connectivity index (χ0n) is 15.3. The molecule has 2 atom stereocenters. The number of ether oxygens (including phenoxy) is 1. The molecule has 0 bridgehead atoms. The van der Waals surface area contributed by atoms with Gasteiger partial charge in [0.2, 0.25) is 0 Å². The standard InChI is InChI=1S/C16H21ClF2N4O2Si/c1-16(2,3)26(4,5)24-7-9-6-10(18)14(25-9)23-8-20-11-12(17)21-15(19)22-13(11)23/h6,8-9,14H,7H2,1-5H3/t9-,14+/m0/s1. The van der Waals surface area contributed by atoms with Crippen LogP contribution in [0.5, 0.6) is 0 Å². The van der Waals surface area contributed by atoms with Crippen LogP contribution in [0.2, 0.25) is 23.3 Å². The molecule has 0 saturated carbocycles. The largest absolute Gasteiger partial charge is 0.414 e. The quantitative estimate of drug-likeness (QED) is 0.431. The predicted molar refractivity (Wildman–Crippen MR) is 96.5 cm³/mol. The molecule has 0 saturated heterocycles. The van der Waals surface area contributed by atoms with Gasteiger partial charge in [-0.25, -0.2) is 9.37 Å². The van der Waals surface area contributed by atoms with Crippen molar-refractivity contribution in [3.8, 4) is 0 Å². The number of fused-ring (bicyclic) bond motifs is 1. The van der Waals surface area contributed by atoms with Gasteiger partial charge in [-0.3, -0.25) is 4.57 Å². The fraction of sp³-hybridized carbons (Fsp3) is 0.562. The highest BCUT2D eigenvalue weighted by Crippen LogP contribution is 2.38. The Morgan fingerprint density at radius 3 is 2.65 bits per heavy atom. The Labute approximate surface area is 156 Å². The molecule has 0 spiro atoms. The van der Waals surface area contributed by atoms with Crippen molar-refractivity contribution in [2.45, 2.75) is 51.2 Å². The van der Waals surface area contributed by atoms with Gasteiger partial charge in [0.15, 0.2) is 25.3 Å². The van der Waals surface area contributed by atoms with Gasteiger partial charge in [-0.15, -0.1) is 0 Å². The summed E-state index contributed by atoms with van der Waals surface area (Å²) in [6.45, 7) is 10.9. The number of imidazole rings is 1. The van der Waals surface area contributed by atoms with Crippen molar-refractivity contribution in [3.05, 3.63) is 29.5 Å². The van der Waals surface area contributed by atoms with E-state index in [2.05, 4.69) is 48.8 Å². The van der Waals surface area contributed by atoms with Crippen LogP contribution in [0.4, 0.5) is 8.78 Å². The van der Waals surface area contributed by atoms with Crippen molar-refractivity contribution in [1.29, 1.82) is 0 Å². The molecular weight excluding hydrogens is 382 g/mol. The summed E-state index contributed by atoms with van der Waals surface area (Å²) in [6, 6.07) is 0. The number of hydrogen-bond donors (Lipinski definition) is 0. The first kappa shape index (κ1) is 19.3. The van der Waals surface area contributed by atoms with E-state index in [0.29, 0.717) is 0 Å². The van der Waals surface area contributed by atoms with E-state index in [1.807, 2.05) is 0 Å². The molecular formula is C16H21ClF2N4O2Si. The summed E-state index contributed by atoms with van der Waals surface area (Å²) in [5, 5.41) is -0.0922. The van der Waals surface area contributed by atoms with Gasteiger partial charge in [0.25, 0.3) is 0 Å². The monoisotopic (exact) mass is 402 g/mol. The van der Waals surface area contributed by atoms with Gasteiger partial charge < -0.3 is 9.16 Å². The summed E-state index contributed by atoms with van der Waals surface area (Å²) in [5.41, 5.74) is 0.257. The maximum Gasteiger partial charge on any atom is 0.312 e. The Morgan fingerprint density at radius 2 is 2.00 bits per heavy atom. The Kier molecular flexibility index (Phi) is 4.93. The highest BCUT2D eigenvalue weighted by Gasteiger charge is 2.39. The first-order valence-electron chi connectivity index (χ1n) is 8.22. The summed E-state index contributed by atoms with van der Waals surface area (Å²) in [6.07, 6.45) is 0.0272. The van der Waals surface area contributed by atoms with Gasteiger partial charge in [-0.05, 0) is 24.2 Å². The molecule has 26 heavy (non-hydrogen) atoms. The molecule has 0 amide bonds. The van der Waals surface area contributed by atoms with Gasteiger partial charge in [0.1, 0.15) is 17.4 Å². The Balaban J connectivity index is 1.78. The maximum atomic E-state index is 14.5. The Hall–Kier alpha value is -1.42. The Bertz CT molecular complexity index is 866. The minimum atomic E-state index is -1.98. The van der Waals surface area contributed by atoms with Crippen LogP contribution in [0.25, 0.3) is 11.2 Å². The van der Waals surface area contributed by atoms with Crippen molar-refractivity contribution in [1.82, 2.24) is 19.5 Å². The smallest absolute Gasteiger partial charge is 0.312 e. The van der Waals surface area contributed by atoms with Crippen LogP contribution in [0, 0.1) is 6.08 Å². The van der Waals surface area contributed by atoms with Gasteiger partial charge in [0, 0.05) is 0 Å². The molecule has 2 aromatic heterocycles. The lowest BCUT2D eigenvalue weighted by atomic mass is 10.2. The zero-order chi connectivity index (χ0) is 19.3. The lowest BCUT2D eigenvalue weighted by Gasteiger charge is -2.36. The fourth-order valence-electron chi connectivity index (χ4n) is 2.35. The fourth-order valence-corrected chi connectivity index (χ4v) is 3.57. The van der Waals surface area contributed by atoms with Crippen LogP contribution in [0.1, 0.15) is 27.0 Å². The van der Waals surface area contributed by atoms with Gasteiger partial charge in [-0.2, -0.15) is 14.4 Å². The molecule has 0 radical (unpaired) electrons. The third kappa shape index (κ3) is 3.53. The van der Waals surface area contributed by atoms with Crippen molar-refractivity contribution >= 4 is 31.1 Å². The van der Waals surface area contributed by atoms with Crippen LogP contribution in [0.3, 0.4) is 0 Å². The van der Waals surface area contributed by atoms with Crippen LogP contribution in [0.15, 0.2) is 18.2 Å². The lowest BCUT2D eigenvalue weighted by Crippen LogP contribution is -2.42. The molecule has 0 N–H and O–H groups in total. The molecule has 142 valence electrons. The lowest BCUT2D eigenvalue weighted by molar-refractivity contribution is -0.0151. The molecule has 2 aromatic rings. The van der Waals surface area contributed by atoms with E-state index in [-0.39, 0.29) is 28.0 Å². The summed E-state index contributed by atoms with van der Waals surface area (Å²) >= 11 is 5.86. The van der Waals surface area contributed by atoms with E-state index in [1.165, 1.54) is 17.0 Å². The number of aromatic nitrogens is 4. The first-order chi connectivity index (χ1) is 12.0. The van der Waals surface area contributed by atoms with E-state index in [9.17, 15) is 8.78 Å². The van der Waals surface area contributed by atoms with E-state index in [4.69, 9.17) is 20.8 Å². The predicted octanol–water partition coefficient (Wildman–Crippen LogP) is 4.39. The van der Waals surface area contributed by atoms with E-state index in [1.54, 1.807) is 0 Å². The molecule has 0 aromatic carbocycles. The van der Waals surface area contributed by atoms with Crippen molar-refractivity contribution in [2.24, 2.45) is 0 Å². The molecule has 1 aliphatic rings. The molecule has 3 rings (SSSR count). The molecule has 0 unspecified atom stereocenters. The number of rotatable bonds is 4. The summed E-state index contributed by atoms with van der Waals surface area (Å²) < 4.78 is 41.0. The second-order valence-corrected chi connectivity index (χ2v) is 12.9. The molecule has 1 aliphatic heterocycles. The molecule has 0 aliphatic carbocycles. The van der Waals surface area contributed by atoms with Crippen molar-refractivity contribution < 1.29 is 17.9 Å². The van der Waals surface area contributed by atoms with E-state index >= 15 is 0 Å². The SMILES string of the molecule is CC(C)(C)[Si](C)(C)OC[C@@H]1C=C(F)[C@H](n2cnc3c(Cl)nc(F)nc32)O1. The van der Waals surface area contributed by atoms with Crippen molar-refractivity contribution in [3.63, 3.8) is 0 Å². The first-order valence-corrected chi connectivity index (χ1v) is 11.5. The average molecular weight is 403 g/mol. The molecule has 0 fully saturated rings. The van der Waals surface area contributed by atoms with Gasteiger partial charge in [0.05, 0.1) is 12.9 Å². The van der Waals surface area contributed by atoms with Crippen LogP contribution >= 0.6 is 11.6 Å². The van der Waals surface area contributed by atoms with Crippen molar-refractivity contribution in [2.75, 3.05) is 6.61 Å².